The fourth-order valence-corrected chi connectivity index (χ4v) is 10.7. The number of carbonyl (C=O) groups excluding carboxylic acids is 10. The highest BCUT2D eigenvalue weighted by atomic mass is 19.1. The van der Waals surface area contributed by atoms with Gasteiger partial charge in [-0.1, -0.05) is 32.9 Å². The Balaban J connectivity index is 1.02. The molecule has 0 saturated carbocycles. The first kappa shape index (κ1) is 65.9. The van der Waals surface area contributed by atoms with E-state index in [1.807, 2.05) is 6.92 Å². The molecule has 26 heteroatoms. The molecule has 1 aliphatic carbocycles. The number of aldehydes is 1. The number of ketones is 1. The zero-order valence-electron chi connectivity index (χ0n) is 49.8. The summed E-state index contributed by atoms with van der Waals surface area (Å²) in [5.41, 5.74) is 4.70. The lowest BCUT2D eigenvalue weighted by Gasteiger charge is -2.30. The van der Waals surface area contributed by atoms with Gasteiger partial charge in [-0.15, -0.1) is 0 Å². The summed E-state index contributed by atoms with van der Waals surface area (Å²) in [5.74, 6) is -5.33. The average Bonchev–Trinajstić information content (AvgIpc) is 1.71. The number of alkyl carbamates (subject to hydrolysis) is 1. The summed E-state index contributed by atoms with van der Waals surface area (Å²) in [6, 6.07) is 6.66. The second-order valence-corrected chi connectivity index (χ2v) is 21.7. The molecule has 2 aliphatic heterocycles. The van der Waals surface area contributed by atoms with Crippen molar-refractivity contribution in [2.75, 3.05) is 72.1 Å². The summed E-state index contributed by atoms with van der Waals surface area (Å²) < 4.78 is 39.7. The molecule has 0 radical (unpaired) electrons. The number of halogens is 1. The summed E-state index contributed by atoms with van der Waals surface area (Å²) in [4.78, 5) is 148. The number of hydrogen-bond donors (Lipinski definition) is 7. The monoisotopic (exact) mass is 1210 g/mol. The van der Waals surface area contributed by atoms with Gasteiger partial charge in [0, 0.05) is 85.3 Å². The molecule has 8 amide bonds. The van der Waals surface area contributed by atoms with Gasteiger partial charge in [0.25, 0.3) is 17.4 Å². The molecule has 0 spiro atoms. The molecule has 4 aromatic rings. The van der Waals surface area contributed by atoms with Crippen LogP contribution in [0.1, 0.15) is 117 Å². The average molecular weight is 1210 g/mol. The molecule has 3 aliphatic rings. The maximum Gasteiger partial charge on any atom is 0.408 e. The molecule has 2 aromatic carbocycles. The normalized spacial score (nSPS) is 15.3. The molecule has 87 heavy (non-hydrogen) atoms. The number of ether oxygens (including phenoxy) is 4. The van der Waals surface area contributed by atoms with Gasteiger partial charge in [-0.2, -0.15) is 0 Å². The number of aromatic nitrogens is 2. The third kappa shape index (κ3) is 16.5. The van der Waals surface area contributed by atoms with Crippen LogP contribution in [0.4, 0.5) is 14.9 Å². The van der Waals surface area contributed by atoms with Crippen molar-refractivity contribution in [3.05, 3.63) is 104 Å². The number of nitrogens with one attached hydrogen (secondary N) is 7. The first-order chi connectivity index (χ1) is 41.7. The third-order valence-corrected chi connectivity index (χ3v) is 15.3. The number of imide groups is 1. The zero-order chi connectivity index (χ0) is 63.1. The van der Waals surface area contributed by atoms with Gasteiger partial charge in [-0.25, -0.2) is 14.2 Å². The topological polar surface area (TPSA) is 330 Å². The predicted molar refractivity (Wildman–Crippen MR) is 314 cm³/mol. The number of likely N-dealkylation sites (N-methyl/N-ethyl adjacent to an activating group) is 1. The number of nitrogens with zero attached hydrogens (tertiary/aromatic N) is 3. The highest BCUT2D eigenvalue weighted by molar-refractivity contribution is 6.13. The van der Waals surface area contributed by atoms with E-state index < -0.39 is 84.1 Å². The summed E-state index contributed by atoms with van der Waals surface area (Å²) in [6.07, 6.45) is 1.64. The Bertz CT molecular complexity index is 3370. The van der Waals surface area contributed by atoms with Gasteiger partial charge in [0.2, 0.25) is 29.5 Å². The molecule has 2 aromatic heterocycles. The molecule has 0 fully saturated rings. The van der Waals surface area contributed by atoms with E-state index in [2.05, 4.69) is 37.2 Å². The van der Waals surface area contributed by atoms with E-state index in [1.54, 1.807) is 62.7 Å². The quantitative estimate of drug-likeness (QED) is 0.0185. The minimum atomic E-state index is -1.17. The van der Waals surface area contributed by atoms with Crippen molar-refractivity contribution in [1.29, 1.82) is 0 Å². The molecule has 7 rings (SSSR count). The molecule has 7 N–H and O–H groups in total. The van der Waals surface area contributed by atoms with Crippen LogP contribution in [0.15, 0.2) is 53.3 Å². The molecule has 0 bridgehead atoms. The van der Waals surface area contributed by atoms with E-state index >= 15 is 4.39 Å². The molecule has 0 saturated heterocycles. The van der Waals surface area contributed by atoms with E-state index in [9.17, 15) is 52.7 Å². The fraction of sp³-hybridized carbons (Fsp3) is 0.475. The number of aryl methyl sites for hydroxylation is 1. The van der Waals surface area contributed by atoms with E-state index in [1.165, 1.54) is 20.1 Å². The van der Waals surface area contributed by atoms with Crippen LogP contribution in [0, 0.1) is 18.7 Å². The number of fused-ring (bicyclic) bond motifs is 4. The van der Waals surface area contributed by atoms with Crippen molar-refractivity contribution in [1.82, 2.24) is 46.4 Å². The summed E-state index contributed by atoms with van der Waals surface area (Å²) >= 11 is 0. The Labute approximate surface area is 501 Å². The van der Waals surface area contributed by atoms with Crippen molar-refractivity contribution in [2.24, 2.45) is 5.92 Å². The minimum Gasteiger partial charge on any atom is -0.439 e. The zero-order valence-corrected chi connectivity index (χ0v) is 49.8. The lowest BCUT2D eigenvalue weighted by molar-refractivity contribution is -0.137. The minimum absolute atomic E-state index is 0.00291. The number of Topliss-reactive ketones (excluding diaryl/α,β-unsaturated/α-hetero) is 1. The molecule has 25 nitrogen and oxygen atoms in total. The maximum absolute atomic E-state index is 15.7. The summed E-state index contributed by atoms with van der Waals surface area (Å²) in [5, 5.41) is 19.8. The second-order valence-electron chi connectivity index (χ2n) is 21.7. The fourth-order valence-electron chi connectivity index (χ4n) is 10.7. The lowest BCUT2D eigenvalue weighted by atomic mass is 9.82. The lowest BCUT2D eigenvalue weighted by Crippen LogP contribution is -2.45. The highest BCUT2D eigenvalue weighted by Crippen LogP contribution is 2.45. The second kappa shape index (κ2) is 30.7. The van der Waals surface area contributed by atoms with Crippen LogP contribution in [0.2, 0.25) is 0 Å². The van der Waals surface area contributed by atoms with Gasteiger partial charge in [-0.05, 0) is 92.6 Å². The van der Waals surface area contributed by atoms with E-state index in [0.29, 0.717) is 86.2 Å². The van der Waals surface area contributed by atoms with Crippen molar-refractivity contribution in [3.63, 3.8) is 0 Å². The van der Waals surface area contributed by atoms with Crippen molar-refractivity contribution >= 4 is 76.1 Å². The molecule has 5 unspecified atom stereocenters. The van der Waals surface area contributed by atoms with Crippen LogP contribution < -0.4 is 42.8 Å². The van der Waals surface area contributed by atoms with Crippen LogP contribution in [-0.2, 0) is 81.7 Å². The summed E-state index contributed by atoms with van der Waals surface area (Å²) in [6.45, 7) is 7.92. The molecule has 466 valence electrons. The van der Waals surface area contributed by atoms with E-state index in [-0.39, 0.29) is 102 Å². The Morgan fingerprint density at radius 1 is 0.874 bits per heavy atom. The molecular weight excluding hydrogens is 1130 g/mol. The van der Waals surface area contributed by atoms with Gasteiger partial charge in [0.15, 0.2) is 5.78 Å². The predicted octanol–water partition coefficient (Wildman–Crippen LogP) is 2.90. The Morgan fingerprint density at radius 3 is 2.26 bits per heavy atom. The first-order valence-corrected chi connectivity index (χ1v) is 28.9. The van der Waals surface area contributed by atoms with E-state index in [0.717, 1.165) is 23.3 Å². The summed E-state index contributed by atoms with van der Waals surface area (Å²) in [7, 11) is 3.05. The number of pyridine rings is 2. The van der Waals surface area contributed by atoms with Gasteiger partial charge in [0.1, 0.15) is 30.9 Å². The molecule has 5 atom stereocenters. The SMILES string of the molecule is CCC(C=O)c1cc2n(c(=O)c1COC)Cc1c-2nc2cc(F)c(C)c3c2c1C(NC(=O)OC(CNC(=O)CCC(NC(=O)COCCOCCNC(=O)CCN1C(=O)C=CC1=O)C(=O)C(C)C)c1ccc(NC(=O)C(C)NC(=O)CNC)cc1)CC3. The number of anilines is 1. The Kier molecular flexibility index (Phi) is 23.2. The van der Waals surface area contributed by atoms with Crippen LogP contribution in [0.3, 0.4) is 0 Å². The number of carbonyl (C=O) groups is 10. The van der Waals surface area contributed by atoms with Crippen LogP contribution in [0.25, 0.3) is 22.3 Å². The van der Waals surface area contributed by atoms with Crippen LogP contribution in [-0.4, -0.2) is 153 Å². The Morgan fingerprint density at radius 2 is 1.59 bits per heavy atom. The van der Waals surface area contributed by atoms with Gasteiger partial charge < -0.3 is 65.5 Å². The number of amides is 8. The van der Waals surface area contributed by atoms with Gasteiger partial charge >= 0.3 is 6.09 Å². The van der Waals surface area contributed by atoms with Crippen LogP contribution in [0.5, 0.6) is 0 Å². The van der Waals surface area contributed by atoms with Crippen molar-refractivity contribution < 1.29 is 71.3 Å². The van der Waals surface area contributed by atoms with Crippen molar-refractivity contribution in [3.8, 4) is 11.4 Å². The first-order valence-electron chi connectivity index (χ1n) is 28.9. The smallest absolute Gasteiger partial charge is 0.408 e. The molecule has 4 heterocycles. The maximum atomic E-state index is 15.7. The number of hydrogen-bond acceptors (Lipinski definition) is 17. The van der Waals surface area contributed by atoms with Gasteiger partial charge in [0.05, 0.1) is 75.1 Å². The number of rotatable bonds is 32. The largest absolute Gasteiger partial charge is 0.439 e. The van der Waals surface area contributed by atoms with Gasteiger partial charge in [-0.3, -0.25) is 48.1 Å². The van der Waals surface area contributed by atoms with Crippen LogP contribution >= 0.6 is 0 Å². The van der Waals surface area contributed by atoms with E-state index in [4.69, 9.17) is 23.9 Å². The number of methoxy groups -OCH3 is 1. The standard InChI is InChI=1S/C61H75FN10O15/c1-8-36(30-73)40-25-47-57-41(29-72(47)60(82)42(40)31-84-7)56-44(14-13-39-34(4)43(62)26-46(69-57)55(39)56)70-61(83)87-48(37-9-11-38(12-10-37)67-59(81)35(5)66-51(76)28-63-6)27-65-49(74)16-15-45(58(80)33(2)3)68-52(77)32-86-24-23-85-22-20-64-50(75)19-21-71-53(78)17-18-54(71)79/h9-12,17-18,25-26,30,33,35-36,44-45,48,63H,8,13-16,19-24,27-29,31-32H2,1-7H3,(H,64,75)(H,65,74)(H,66,76)(H,67,81)(H,68,77)(H,70,83). The third-order valence-electron chi connectivity index (χ3n) is 15.3. The molecular formula is C61H75FN10O15. The Hall–Kier alpha value is -8.59. The highest BCUT2D eigenvalue weighted by Gasteiger charge is 2.37. The number of benzene rings is 2. The van der Waals surface area contributed by atoms with Crippen molar-refractivity contribution in [2.45, 2.75) is 116 Å².